The van der Waals surface area contributed by atoms with Gasteiger partial charge < -0.3 is 14.8 Å². The summed E-state index contributed by atoms with van der Waals surface area (Å²) >= 11 is 1.21. The maximum Gasteiger partial charge on any atom is 0.302 e. The number of methoxy groups -OCH3 is 2. The van der Waals surface area contributed by atoms with Crippen molar-refractivity contribution >= 4 is 34.3 Å². The summed E-state index contributed by atoms with van der Waals surface area (Å²) in [6.07, 6.45) is 0. The molecule has 0 saturated heterocycles. The van der Waals surface area contributed by atoms with Crippen LogP contribution in [-0.2, 0) is 11.3 Å². The minimum absolute atomic E-state index is 0.0609. The van der Waals surface area contributed by atoms with Crippen LogP contribution in [-0.4, -0.2) is 66.4 Å². The third-order valence-corrected chi connectivity index (χ3v) is 6.18. The molecule has 1 N–H and O–H groups in total. The van der Waals surface area contributed by atoms with Gasteiger partial charge in [-0.25, -0.2) is 5.01 Å². The van der Waals surface area contributed by atoms with E-state index in [1.165, 1.54) is 16.8 Å². The Bertz CT molecular complexity index is 1020. The molecule has 0 aromatic heterocycles. The van der Waals surface area contributed by atoms with Gasteiger partial charge in [0, 0.05) is 17.0 Å². The van der Waals surface area contributed by atoms with Crippen molar-refractivity contribution in [2.45, 2.75) is 20.4 Å². The molecule has 9 heteroatoms. The average molecular weight is 471 g/mol. The first-order valence-corrected chi connectivity index (χ1v) is 11.8. The maximum absolute atomic E-state index is 12.5. The van der Waals surface area contributed by atoms with Crippen molar-refractivity contribution in [3.63, 3.8) is 0 Å². The van der Waals surface area contributed by atoms with Crippen molar-refractivity contribution in [1.29, 1.82) is 0 Å². The van der Waals surface area contributed by atoms with E-state index in [9.17, 15) is 9.59 Å². The first-order valence-electron chi connectivity index (χ1n) is 10.8. The number of thioether (sulfide) groups is 1. The van der Waals surface area contributed by atoms with E-state index in [4.69, 9.17) is 9.47 Å². The first-order chi connectivity index (χ1) is 16.0. The Morgan fingerprint density at radius 2 is 1.88 bits per heavy atom. The minimum atomic E-state index is -0.116. The molecule has 176 valence electrons. The number of amides is 2. The molecule has 0 unspecified atom stereocenters. The molecule has 1 aliphatic heterocycles. The summed E-state index contributed by atoms with van der Waals surface area (Å²) in [5, 5.41) is 8.88. The standard InChI is InChI=1S/C24H30N4O4S/c1-5-27(6-2)15-23(29)25-19-9-7-8-17(12-19)14-28-24(30)33-16-20(26-28)18-10-11-21(31-3)22(13-18)32-4/h7-13H,5-6,14-16H2,1-4H3,(H,25,29). The van der Waals surface area contributed by atoms with Gasteiger partial charge >= 0.3 is 5.24 Å². The van der Waals surface area contributed by atoms with Crippen molar-refractivity contribution in [1.82, 2.24) is 9.91 Å². The summed E-state index contributed by atoms with van der Waals surface area (Å²) < 4.78 is 10.7. The molecule has 0 spiro atoms. The molecule has 0 radical (unpaired) electrons. The lowest BCUT2D eigenvalue weighted by Crippen LogP contribution is -2.33. The van der Waals surface area contributed by atoms with E-state index in [-0.39, 0.29) is 11.1 Å². The van der Waals surface area contributed by atoms with Crippen LogP contribution in [0.25, 0.3) is 0 Å². The Hall–Kier alpha value is -3.04. The topological polar surface area (TPSA) is 83.5 Å². The fourth-order valence-electron chi connectivity index (χ4n) is 3.45. The fourth-order valence-corrected chi connectivity index (χ4v) is 4.19. The SMILES string of the molecule is CCN(CC)CC(=O)Nc1cccc(CN2N=C(c3ccc(OC)c(OC)c3)CSC2=O)c1. The Balaban J connectivity index is 1.74. The number of carbonyl (C=O) groups excluding carboxylic acids is 2. The van der Waals surface area contributed by atoms with Gasteiger partial charge in [0.25, 0.3) is 0 Å². The summed E-state index contributed by atoms with van der Waals surface area (Å²) in [6, 6.07) is 13.1. The summed E-state index contributed by atoms with van der Waals surface area (Å²) in [7, 11) is 3.18. The zero-order chi connectivity index (χ0) is 23.8. The third kappa shape index (κ3) is 6.49. The Morgan fingerprint density at radius 3 is 2.58 bits per heavy atom. The van der Waals surface area contributed by atoms with Gasteiger partial charge in [-0.2, -0.15) is 5.10 Å². The lowest BCUT2D eigenvalue weighted by Gasteiger charge is -2.23. The Labute approximate surface area is 198 Å². The van der Waals surface area contributed by atoms with Gasteiger partial charge in [-0.1, -0.05) is 37.7 Å². The summed E-state index contributed by atoms with van der Waals surface area (Å²) in [6.45, 7) is 6.35. The van der Waals surface area contributed by atoms with Gasteiger partial charge in [-0.05, 0) is 49.0 Å². The summed E-state index contributed by atoms with van der Waals surface area (Å²) in [5.74, 6) is 1.67. The molecular formula is C24H30N4O4S. The third-order valence-electron chi connectivity index (χ3n) is 5.31. The zero-order valence-corrected chi connectivity index (χ0v) is 20.3. The fraction of sp³-hybridized carbons (Fsp3) is 0.375. The quantitative estimate of drug-likeness (QED) is 0.564. The van der Waals surface area contributed by atoms with E-state index in [2.05, 4.69) is 10.4 Å². The van der Waals surface area contributed by atoms with Gasteiger partial charge in [0.1, 0.15) is 0 Å². The molecule has 0 fully saturated rings. The molecule has 0 atom stereocenters. The molecule has 2 aromatic rings. The predicted octanol–water partition coefficient (Wildman–Crippen LogP) is 4.06. The van der Waals surface area contributed by atoms with Crippen LogP contribution in [0.15, 0.2) is 47.6 Å². The predicted molar refractivity (Wildman–Crippen MR) is 132 cm³/mol. The molecule has 2 aromatic carbocycles. The molecule has 1 aliphatic rings. The van der Waals surface area contributed by atoms with E-state index < -0.39 is 0 Å². The number of nitrogens with one attached hydrogen (secondary N) is 1. The molecule has 0 saturated carbocycles. The zero-order valence-electron chi connectivity index (χ0n) is 19.5. The van der Waals surface area contributed by atoms with E-state index in [0.29, 0.717) is 36.0 Å². The van der Waals surface area contributed by atoms with Gasteiger partial charge in [-0.15, -0.1) is 0 Å². The normalized spacial score (nSPS) is 13.7. The van der Waals surface area contributed by atoms with Crippen LogP contribution in [0.5, 0.6) is 11.5 Å². The molecule has 1 heterocycles. The number of nitrogens with zero attached hydrogens (tertiary/aromatic N) is 3. The highest BCUT2D eigenvalue weighted by Gasteiger charge is 2.23. The second-order valence-corrected chi connectivity index (χ2v) is 8.37. The van der Waals surface area contributed by atoms with Crippen molar-refractivity contribution in [2.24, 2.45) is 5.10 Å². The number of benzene rings is 2. The molecule has 2 amide bonds. The van der Waals surface area contributed by atoms with Crippen LogP contribution in [0.1, 0.15) is 25.0 Å². The van der Waals surface area contributed by atoms with Crippen LogP contribution in [0, 0.1) is 0 Å². The Kier molecular flexibility index (Phi) is 8.73. The highest BCUT2D eigenvalue weighted by molar-refractivity contribution is 8.14. The molecular weight excluding hydrogens is 440 g/mol. The maximum atomic E-state index is 12.5. The van der Waals surface area contributed by atoms with Gasteiger partial charge in [0.05, 0.1) is 33.0 Å². The number of hydrogen-bond donors (Lipinski definition) is 1. The molecule has 0 bridgehead atoms. The van der Waals surface area contributed by atoms with Crippen molar-refractivity contribution < 1.29 is 19.1 Å². The van der Waals surface area contributed by atoms with Crippen molar-refractivity contribution in [3.05, 3.63) is 53.6 Å². The van der Waals surface area contributed by atoms with Crippen molar-refractivity contribution in [3.8, 4) is 11.5 Å². The van der Waals surface area contributed by atoms with Crippen LogP contribution < -0.4 is 14.8 Å². The van der Waals surface area contributed by atoms with Crippen molar-refractivity contribution in [2.75, 3.05) is 44.9 Å². The largest absolute Gasteiger partial charge is 0.493 e. The molecule has 8 nitrogen and oxygen atoms in total. The Morgan fingerprint density at radius 1 is 1.12 bits per heavy atom. The number of rotatable bonds is 10. The number of carbonyl (C=O) groups is 2. The van der Waals surface area contributed by atoms with E-state index in [0.717, 1.165) is 29.9 Å². The molecule has 33 heavy (non-hydrogen) atoms. The number of hydrogen-bond acceptors (Lipinski definition) is 7. The number of likely N-dealkylation sites (N-methyl/N-ethyl adjacent to an activating group) is 1. The average Bonchev–Trinajstić information content (AvgIpc) is 2.83. The second kappa shape index (κ2) is 11.7. The van der Waals surface area contributed by atoms with Gasteiger partial charge in [-0.3, -0.25) is 14.5 Å². The van der Waals surface area contributed by atoms with Gasteiger partial charge in [0.2, 0.25) is 5.91 Å². The summed E-state index contributed by atoms with van der Waals surface area (Å²) in [4.78, 5) is 26.9. The van der Waals surface area contributed by atoms with Crippen LogP contribution >= 0.6 is 11.8 Å². The van der Waals surface area contributed by atoms with E-state index >= 15 is 0 Å². The highest BCUT2D eigenvalue weighted by atomic mass is 32.2. The van der Waals surface area contributed by atoms with Crippen LogP contribution in [0.4, 0.5) is 10.5 Å². The smallest absolute Gasteiger partial charge is 0.302 e. The van der Waals surface area contributed by atoms with Crippen LogP contribution in [0.2, 0.25) is 0 Å². The van der Waals surface area contributed by atoms with Crippen LogP contribution in [0.3, 0.4) is 0 Å². The monoisotopic (exact) mass is 470 g/mol. The first kappa shape index (κ1) is 24.6. The number of anilines is 1. The summed E-state index contributed by atoms with van der Waals surface area (Å²) in [5.41, 5.74) is 3.23. The second-order valence-electron chi connectivity index (χ2n) is 7.44. The van der Waals surface area contributed by atoms with E-state index in [1.54, 1.807) is 14.2 Å². The number of ether oxygens (including phenoxy) is 2. The highest BCUT2D eigenvalue weighted by Crippen LogP contribution is 2.30. The lowest BCUT2D eigenvalue weighted by molar-refractivity contribution is -0.117. The molecule has 0 aliphatic carbocycles. The minimum Gasteiger partial charge on any atom is -0.493 e. The van der Waals surface area contributed by atoms with E-state index in [1.807, 2.05) is 61.2 Å². The number of hydrazone groups is 1. The molecule has 3 rings (SSSR count). The van der Waals surface area contributed by atoms with Gasteiger partial charge in [0.15, 0.2) is 11.5 Å². The lowest BCUT2D eigenvalue weighted by atomic mass is 10.1.